The van der Waals surface area contributed by atoms with Crippen LogP contribution in [-0.4, -0.2) is 87.2 Å². The Balaban J connectivity index is 1.28. The maximum absolute atomic E-state index is 11.8. The number of nitrogens with zero attached hydrogens (tertiary/aromatic N) is 3. The molecule has 1 unspecified atom stereocenters. The smallest absolute Gasteiger partial charge is 0.325 e. The van der Waals surface area contributed by atoms with Gasteiger partial charge in [0.25, 0.3) is 0 Å². The van der Waals surface area contributed by atoms with Gasteiger partial charge in [-0.05, 0) is 45.5 Å². The lowest BCUT2D eigenvalue weighted by Crippen LogP contribution is -2.49. The van der Waals surface area contributed by atoms with Gasteiger partial charge in [0.1, 0.15) is 16.9 Å². The first kappa shape index (κ1) is 24.7. The molecule has 0 amide bonds. The number of fused-ring (bicyclic) bond motifs is 2. The number of piperazine rings is 1. The molecule has 9 heteroatoms. The van der Waals surface area contributed by atoms with Crippen LogP contribution in [0.4, 0.5) is 16.4 Å². The first-order chi connectivity index (χ1) is 16.6. The normalized spacial score (nSPS) is 16.7. The Bertz CT molecular complexity index is 1000. The van der Waals surface area contributed by atoms with Crippen LogP contribution in [0.5, 0.6) is 0 Å². The van der Waals surface area contributed by atoms with E-state index in [1.165, 1.54) is 15.4 Å². The highest BCUT2D eigenvalue weighted by Gasteiger charge is 2.26. The number of likely N-dealkylation sites (N-methyl/N-ethyl adjacent to an activating group) is 1. The van der Waals surface area contributed by atoms with Gasteiger partial charge in [0, 0.05) is 44.2 Å². The molecule has 34 heavy (non-hydrogen) atoms. The summed E-state index contributed by atoms with van der Waals surface area (Å²) in [6, 6.07) is 10.1. The molecular weight excluding hydrogens is 450 g/mol. The summed E-state index contributed by atoms with van der Waals surface area (Å²) in [6.45, 7) is 10.2. The number of aryl methyl sites for hydroxylation is 1. The lowest BCUT2D eigenvalue weighted by atomic mass is 10.2. The minimum Gasteiger partial charge on any atom is -0.465 e. The van der Waals surface area contributed by atoms with E-state index in [2.05, 4.69) is 45.6 Å². The van der Waals surface area contributed by atoms with Gasteiger partial charge in [0.15, 0.2) is 0 Å². The molecular formula is C25H35N5O3S. The van der Waals surface area contributed by atoms with Gasteiger partial charge in [0.05, 0.1) is 30.2 Å². The minimum absolute atomic E-state index is 0.260. The number of thiophene rings is 1. The maximum atomic E-state index is 11.8. The summed E-state index contributed by atoms with van der Waals surface area (Å²) in [5.74, 6) is 0.807. The summed E-state index contributed by atoms with van der Waals surface area (Å²) >= 11 is 1.78. The predicted molar refractivity (Wildman–Crippen MR) is 138 cm³/mol. The van der Waals surface area contributed by atoms with Crippen LogP contribution < -0.4 is 10.6 Å². The number of ether oxygens (including phenoxy) is 2. The molecule has 1 fully saturated rings. The number of rotatable bonds is 9. The Kier molecular flexibility index (Phi) is 8.55. The molecule has 2 N–H and O–H groups in total. The Morgan fingerprint density at radius 2 is 2.06 bits per heavy atom. The Morgan fingerprint density at radius 1 is 1.26 bits per heavy atom. The zero-order valence-corrected chi connectivity index (χ0v) is 21.1. The SMILES string of the molecule is CCOC(=O)C(COCCCN1CCN(C2=Nc3ccccc3Nc3sc(C)cc32)CC1)NC. The fourth-order valence-electron chi connectivity index (χ4n) is 4.27. The number of para-hydroxylation sites is 2. The highest BCUT2D eigenvalue weighted by molar-refractivity contribution is 7.16. The Labute approximate surface area is 205 Å². The lowest BCUT2D eigenvalue weighted by Gasteiger charge is -2.36. The summed E-state index contributed by atoms with van der Waals surface area (Å²) in [5, 5.41) is 7.71. The zero-order chi connectivity index (χ0) is 23.9. The second-order valence-electron chi connectivity index (χ2n) is 8.53. The summed E-state index contributed by atoms with van der Waals surface area (Å²) in [4.78, 5) is 23.1. The van der Waals surface area contributed by atoms with Gasteiger partial charge in [-0.15, -0.1) is 11.3 Å². The first-order valence-electron chi connectivity index (χ1n) is 12.0. The molecule has 0 saturated carbocycles. The maximum Gasteiger partial charge on any atom is 0.325 e. The van der Waals surface area contributed by atoms with E-state index in [4.69, 9.17) is 14.5 Å². The van der Waals surface area contributed by atoms with Crippen molar-refractivity contribution in [1.82, 2.24) is 15.1 Å². The molecule has 8 nitrogen and oxygen atoms in total. The van der Waals surface area contributed by atoms with Crippen molar-refractivity contribution in [2.75, 3.05) is 64.9 Å². The molecule has 2 aromatic rings. The van der Waals surface area contributed by atoms with E-state index in [0.717, 1.165) is 56.4 Å². The van der Waals surface area contributed by atoms with Crippen LogP contribution in [0.15, 0.2) is 35.3 Å². The number of anilines is 2. The van der Waals surface area contributed by atoms with Crippen LogP contribution in [0.2, 0.25) is 0 Å². The number of carbonyl (C=O) groups excluding carboxylic acids is 1. The van der Waals surface area contributed by atoms with Crippen molar-refractivity contribution in [2.24, 2.45) is 4.99 Å². The second-order valence-corrected chi connectivity index (χ2v) is 9.78. The highest BCUT2D eigenvalue weighted by atomic mass is 32.1. The topological polar surface area (TPSA) is 78.4 Å². The Morgan fingerprint density at radius 3 is 2.82 bits per heavy atom. The van der Waals surface area contributed by atoms with Crippen LogP contribution in [0, 0.1) is 6.92 Å². The third-order valence-corrected chi connectivity index (χ3v) is 7.08. The molecule has 184 valence electrons. The largest absolute Gasteiger partial charge is 0.465 e. The number of carbonyl (C=O) groups is 1. The van der Waals surface area contributed by atoms with Gasteiger partial charge in [-0.1, -0.05) is 12.1 Å². The van der Waals surface area contributed by atoms with Gasteiger partial charge in [-0.3, -0.25) is 9.69 Å². The highest BCUT2D eigenvalue weighted by Crippen LogP contribution is 2.39. The fraction of sp³-hybridized carbons (Fsp3) is 0.520. The lowest BCUT2D eigenvalue weighted by molar-refractivity contribution is -0.147. The number of hydrogen-bond acceptors (Lipinski definition) is 9. The summed E-state index contributed by atoms with van der Waals surface area (Å²) < 4.78 is 10.8. The molecule has 0 spiro atoms. The van der Waals surface area contributed by atoms with E-state index in [-0.39, 0.29) is 5.97 Å². The minimum atomic E-state index is -0.408. The van der Waals surface area contributed by atoms with Gasteiger partial charge < -0.3 is 25.0 Å². The van der Waals surface area contributed by atoms with Gasteiger partial charge in [-0.25, -0.2) is 4.99 Å². The van der Waals surface area contributed by atoms with Crippen LogP contribution in [-0.2, 0) is 14.3 Å². The van der Waals surface area contributed by atoms with Gasteiger partial charge >= 0.3 is 5.97 Å². The molecule has 1 aromatic heterocycles. The van der Waals surface area contributed by atoms with Crippen LogP contribution in [0.3, 0.4) is 0 Å². The number of aliphatic imine (C=N–C) groups is 1. The Hall–Kier alpha value is -2.46. The van der Waals surface area contributed by atoms with E-state index in [1.54, 1.807) is 18.4 Å². The fourth-order valence-corrected chi connectivity index (χ4v) is 5.19. The van der Waals surface area contributed by atoms with Crippen molar-refractivity contribution >= 4 is 39.5 Å². The van der Waals surface area contributed by atoms with Crippen molar-refractivity contribution < 1.29 is 14.3 Å². The second kappa shape index (κ2) is 11.8. The molecule has 2 aliphatic heterocycles. The molecule has 1 saturated heterocycles. The summed E-state index contributed by atoms with van der Waals surface area (Å²) in [7, 11) is 1.75. The standard InChI is InChI=1S/C25H35N5O3S/c1-4-33-25(31)22(26-3)17-32-15-7-10-29-11-13-30(14-12-29)23-19-16-18(2)34-24(19)28-21-9-6-5-8-20(21)27-23/h5-6,8-9,16,22,26,28H,4,7,10-15,17H2,1-3H3. The van der Waals surface area contributed by atoms with Crippen LogP contribution >= 0.6 is 11.3 Å². The molecule has 1 aromatic carbocycles. The first-order valence-corrected chi connectivity index (χ1v) is 12.8. The quantitative estimate of drug-likeness (QED) is 0.417. The van der Waals surface area contributed by atoms with E-state index in [9.17, 15) is 4.79 Å². The molecule has 2 aliphatic rings. The van der Waals surface area contributed by atoms with Crippen molar-refractivity contribution in [2.45, 2.75) is 26.3 Å². The third-order valence-electron chi connectivity index (χ3n) is 6.11. The molecule has 1 atom stereocenters. The van der Waals surface area contributed by atoms with E-state index in [1.807, 2.05) is 19.1 Å². The summed E-state index contributed by atoms with van der Waals surface area (Å²) in [6.07, 6.45) is 0.936. The number of esters is 1. The van der Waals surface area contributed by atoms with Crippen molar-refractivity contribution in [3.05, 3.63) is 40.8 Å². The summed E-state index contributed by atoms with van der Waals surface area (Å²) in [5.41, 5.74) is 3.24. The van der Waals surface area contributed by atoms with Crippen molar-refractivity contribution in [1.29, 1.82) is 0 Å². The average Bonchev–Trinajstić information content (AvgIpc) is 3.13. The molecule has 4 rings (SSSR count). The third kappa shape index (κ3) is 5.96. The van der Waals surface area contributed by atoms with Crippen molar-refractivity contribution in [3.8, 4) is 0 Å². The van der Waals surface area contributed by atoms with Gasteiger partial charge in [0.2, 0.25) is 0 Å². The van der Waals surface area contributed by atoms with E-state index >= 15 is 0 Å². The number of benzene rings is 1. The van der Waals surface area contributed by atoms with Gasteiger partial charge in [-0.2, -0.15) is 0 Å². The molecule has 0 aliphatic carbocycles. The number of nitrogens with one attached hydrogen (secondary N) is 2. The predicted octanol–water partition coefficient (Wildman–Crippen LogP) is 3.37. The van der Waals surface area contributed by atoms with Crippen LogP contribution in [0.1, 0.15) is 23.8 Å². The molecule has 0 bridgehead atoms. The van der Waals surface area contributed by atoms with E-state index < -0.39 is 6.04 Å². The molecule has 0 radical (unpaired) electrons. The van der Waals surface area contributed by atoms with Crippen molar-refractivity contribution in [3.63, 3.8) is 0 Å². The zero-order valence-electron chi connectivity index (χ0n) is 20.3. The number of hydrogen-bond donors (Lipinski definition) is 2. The van der Waals surface area contributed by atoms with E-state index in [0.29, 0.717) is 19.8 Å². The average molecular weight is 486 g/mol. The number of amidine groups is 1. The molecule has 3 heterocycles. The van der Waals surface area contributed by atoms with Crippen LogP contribution in [0.25, 0.3) is 0 Å². The monoisotopic (exact) mass is 485 g/mol.